The van der Waals surface area contributed by atoms with E-state index in [4.69, 9.17) is 9.73 Å². The van der Waals surface area contributed by atoms with Gasteiger partial charge >= 0.3 is 0 Å². The third kappa shape index (κ3) is 5.83. The summed E-state index contributed by atoms with van der Waals surface area (Å²) >= 11 is 0. The number of nitrogens with zero attached hydrogens (tertiary/aromatic N) is 2. The van der Waals surface area contributed by atoms with Crippen LogP contribution < -0.4 is 0 Å². The van der Waals surface area contributed by atoms with Crippen LogP contribution in [0.15, 0.2) is 94.6 Å². The zero-order valence-electron chi connectivity index (χ0n) is 20.5. The van der Waals surface area contributed by atoms with Crippen LogP contribution in [0.5, 0.6) is 5.75 Å². The standard InChI is InChI=1S/C15H14FNO2.C15H12FNO/c1-2-10-3-8-13(14(18)9-10)15(17-19)11-4-6-12(16)7-5-11;1-2-10-3-8-13-14(9-10)18-17-15(13)11-4-6-12(16)7-5-11/h3-9,18-19H,2H2,1H3;3-9H,2H2,1H3. The van der Waals surface area contributed by atoms with Gasteiger partial charge in [-0.25, -0.2) is 8.78 Å². The molecule has 0 aliphatic rings. The smallest absolute Gasteiger partial charge is 0.167 e. The first kappa shape index (κ1) is 25.6. The van der Waals surface area contributed by atoms with E-state index in [2.05, 4.69) is 23.3 Å². The van der Waals surface area contributed by atoms with Gasteiger partial charge in [0.25, 0.3) is 0 Å². The molecule has 2 N–H and O–H groups in total. The van der Waals surface area contributed by atoms with Crippen LogP contribution in [0.2, 0.25) is 0 Å². The number of hydrogen-bond acceptors (Lipinski definition) is 5. The highest BCUT2D eigenvalue weighted by Gasteiger charge is 2.13. The van der Waals surface area contributed by atoms with Gasteiger partial charge in [-0.05, 0) is 96.8 Å². The molecule has 0 atom stereocenters. The first-order valence-electron chi connectivity index (χ1n) is 11.9. The summed E-state index contributed by atoms with van der Waals surface area (Å²) in [6.45, 7) is 4.08. The lowest BCUT2D eigenvalue weighted by Gasteiger charge is -2.08. The van der Waals surface area contributed by atoms with E-state index in [9.17, 15) is 13.9 Å². The van der Waals surface area contributed by atoms with Gasteiger partial charge < -0.3 is 14.8 Å². The lowest BCUT2D eigenvalue weighted by molar-refractivity contribution is 0.319. The number of hydrogen-bond donors (Lipinski definition) is 2. The minimum absolute atomic E-state index is 0.0384. The van der Waals surface area contributed by atoms with E-state index in [0.29, 0.717) is 11.1 Å². The molecule has 0 radical (unpaired) electrons. The van der Waals surface area contributed by atoms with E-state index in [1.165, 1.54) is 42.0 Å². The average molecular weight is 501 g/mol. The topological polar surface area (TPSA) is 78.9 Å². The highest BCUT2D eigenvalue weighted by atomic mass is 19.1. The molecule has 0 aliphatic carbocycles. The van der Waals surface area contributed by atoms with Gasteiger partial charge in [-0.15, -0.1) is 0 Å². The predicted octanol–water partition coefficient (Wildman–Crippen LogP) is 7.52. The van der Waals surface area contributed by atoms with Gasteiger partial charge in [0.2, 0.25) is 0 Å². The molecule has 0 saturated carbocycles. The molecule has 188 valence electrons. The normalized spacial score (nSPS) is 11.3. The quantitative estimate of drug-likeness (QED) is 0.149. The van der Waals surface area contributed by atoms with Crippen molar-refractivity contribution in [2.75, 3.05) is 0 Å². The SMILES string of the molecule is CCc1ccc(C(=NO)c2ccc(F)cc2)c(O)c1.CCc1ccc2c(-c3ccc(F)cc3)noc2c1. The molecule has 0 amide bonds. The second-order valence-electron chi connectivity index (χ2n) is 8.38. The minimum Gasteiger partial charge on any atom is -0.507 e. The van der Waals surface area contributed by atoms with Gasteiger partial charge in [-0.2, -0.15) is 0 Å². The van der Waals surface area contributed by atoms with Crippen LogP contribution in [-0.4, -0.2) is 21.2 Å². The molecule has 5 rings (SSSR count). The Balaban J connectivity index is 0.000000173. The lowest BCUT2D eigenvalue weighted by atomic mass is 9.99. The fraction of sp³-hybridized carbons (Fsp3) is 0.133. The fourth-order valence-corrected chi connectivity index (χ4v) is 3.89. The summed E-state index contributed by atoms with van der Waals surface area (Å²) in [7, 11) is 0. The van der Waals surface area contributed by atoms with Crippen molar-refractivity contribution in [2.45, 2.75) is 26.7 Å². The number of oxime groups is 1. The summed E-state index contributed by atoms with van der Waals surface area (Å²) in [4.78, 5) is 0. The molecule has 5 aromatic rings. The Morgan fingerprint density at radius 2 is 1.41 bits per heavy atom. The number of halogens is 2. The van der Waals surface area contributed by atoms with E-state index in [1.807, 2.05) is 25.1 Å². The summed E-state index contributed by atoms with van der Waals surface area (Å²) < 4.78 is 31.1. The van der Waals surface area contributed by atoms with Crippen molar-refractivity contribution >= 4 is 16.7 Å². The first-order chi connectivity index (χ1) is 17.9. The van der Waals surface area contributed by atoms with Crippen molar-refractivity contribution in [1.82, 2.24) is 5.16 Å². The van der Waals surface area contributed by atoms with Crippen molar-refractivity contribution < 1.29 is 23.6 Å². The Labute approximate surface area is 213 Å². The molecule has 1 heterocycles. The maximum Gasteiger partial charge on any atom is 0.167 e. The molecular formula is C30H26F2N2O3. The molecule has 0 saturated heterocycles. The summed E-state index contributed by atoms with van der Waals surface area (Å²) in [5.74, 6) is -0.581. The Bertz CT molecular complexity index is 1530. The highest BCUT2D eigenvalue weighted by Crippen LogP contribution is 2.29. The van der Waals surface area contributed by atoms with E-state index in [0.717, 1.165) is 40.6 Å². The molecule has 4 aromatic carbocycles. The predicted molar refractivity (Wildman–Crippen MR) is 140 cm³/mol. The second kappa shape index (κ2) is 11.5. The Hall–Kier alpha value is -4.52. The molecule has 0 unspecified atom stereocenters. The molecule has 5 nitrogen and oxygen atoms in total. The van der Waals surface area contributed by atoms with Gasteiger partial charge in [0.05, 0.1) is 0 Å². The van der Waals surface area contributed by atoms with Crippen molar-refractivity contribution in [3.8, 4) is 17.0 Å². The minimum atomic E-state index is -0.369. The van der Waals surface area contributed by atoms with Crippen LogP contribution in [0.1, 0.15) is 36.1 Å². The molecule has 0 spiro atoms. The van der Waals surface area contributed by atoms with Crippen molar-refractivity contribution in [3.05, 3.63) is 119 Å². The molecule has 7 heteroatoms. The van der Waals surface area contributed by atoms with Crippen molar-refractivity contribution in [2.24, 2.45) is 5.16 Å². The maximum absolute atomic E-state index is 12.9. The zero-order chi connectivity index (χ0) is 26.4. The van der Waals surface area contributed by atoms with Gasteiger partial charge in [0, 0.05) is 22.1 Å². The molecule has 1 aromatic heterocycles. The molecule has 37 heavy (non-hydrogen) atoms. The maximum atomic E-state index is 12.9. The van der Waals surface area contributed by atoms with E-state index in [-0.39, 0.29) is 23.1 Å². The van der Waals surface area contributed by atoms with E-state index >= 15 is 0 Å². The van der Waals surface area contributed by atoms with Crippen LogP contribution >= 0.6 is 0 Å². The van der Waals surface area contributed by atoms with Crippen LogP contribution in [0.25, 0.3) is 22.2 Å². The van der Waals surface area contributed by atoms with E-state index < -0.39 is 0 Å². The zero-order valence-corrected chi connectivity index (χ0v) is 20.5. The summed E-state index contributed by atoms with van der Waals surface area (Å²) in [6, 6.07) is 23.0. The summed E-state index contributed by atoms with van der Waals surface area (Å²) in [6.07, 6.45) is 1.76. The number of benzene rings is 4. The number of aryl methyl sites for hydroxylation is 2. The average Bonchev–Trinajstić information content (AvgIpc) is 3.35. The molecule has 0 bridgehead atoms. The van der Waals surface area contributed by atoms with Gasteiger partial charge in [0.1, 0.15) is 28.8 Å². The van der Waals surface area contributed by atoms with Gasteiger partial charge in [-0.3, -0.25) is 0 Å². The number of aromatic hydroxyl groups is 1. The van der Waals surface area contributed by atoms with Gasteiger partial charge in [0.15, 0.2) is 5.58 Å². The number of phenolic OH excluding ortho intramolecular Hbond substituents is 1. The van der Waals surface area contributed by atoms with Crippen LogP contribution in [0, 0.1) is 11.6 Å². The highest BCUT2D eigenvalue weighted by molar-refractivity contribution is 6.14. The van der Waals surface area contributed by atoms with Gasteiger partial charge in [-0.1, -0.05) is 36.3 Å². The van der Waals surface area contributed by atoms with Crippen molar-refractivity contribution in [3.63, 3.8) is 0 Å². The Morgan fingerprint density at radius 3 is 2.00 bits per heavy atom. The lowest BCUT2D eigenvalue weighted by Crippen LogP contribution is -2.04. The number of fused-ring (bicyclic) bond motifs is 1. The van der Waals surface area contributed by atoms with E-state index in [1.54, 1.807) is 24.3 Å². The molecule has 0 aliphatic heterocycles. The molecular weight excluding hydrogens is 474 g/mol. The number of aromatic nitrogens is 1. The first-order valence-corrected chi connectivity index (χ1v) is 11.9. The third-order valence-corrected chi connectivity index (χ3v) is 6.01. The number of rotatable bonds is 5. The van der Waals surface area contributed by atoms with Crippen LogP contribution in [0.3, 0.4) is 0 Å². The van der Waals surface area contributed by atoms with Crippen LogP contribution in [0.4, 0.5) is 8.78 Å². The Kier molecular flexibility index (Phi) is 7.93. The fourth-order valence-electron chi connectivity index (χ4n) is 3.89. The summed E-state index contributed by atoms with van der Waals surface area (Å²) in [5.41, 5.74) is 5.73. The molecule has 0 fully saturated rings. The number of phenols is 1. The third-order valence-electron chi connectivity index (χ3n) is 6.01. The monoisotopic (exact) mass is 500 g/mol. The largest absolute Gasteiger partial charge is 0.507 e. The van der Waals surface area contributed by atoms with Crippen LogP contribution in [-0.2, 0) is 12.8 Å². The second-order valence-corrected chi connectivity index (χ2v) is 8.38. The summed E-state index contributed by atoms with van der Waals surface area (Å²) in [5, 5.41) is 27.3. The Morgan fingerprint density at radius 1 is 0.811 bits per heavy atom. The van der Waals surface area contributed by atoms with Crippen molar-refractivity contribution in [1.29, 1.82) is 0 Å².